The lowest BCUT2D eigenvalue weighted by Crippen LogP contribution is -2.20. The van der Waals surface area contributed by atoms with Crippen LogP contribution in [0.2, 0.25) is 0 Å². The van der Waals surface area contributed by atoms with Crippen LogP contribution in [-0.4, -0.2) is 15.7 Å². The molecule has 0 N–H and O–H groups in total. The summed E-state index contributed by atoms with van der Waals surface area (Å²) in [5.74, 6) is -0.159. The fraction of sp³-hybridized carbons (Fsp3) is 0.154. The smallest absolute Gasteiger partial charge is 0.320 e. The van der Waals surface area contributed by atoms with Crippen molar-refractivity contribution in [3.05, 3.63) is 102 Å². The zero-order valence-corrected chi connectivity index (χ0v) is 18.4. The van der Waals surface area contributed by atoms with Gasteiger partial charge in [-0.05, 0) is 43.2 Å². The number of carbonyl (C=O) groups is 1. The number of aryl methyl sites for hydroxylation is 1. The van der Waals surface area contributed by atoms with Gasteiger partial charge in [-0.25, -0.2) is 0 Å². The quantitative estimate of drug-likeness (QED) is 0.318. The van der Waals surface area contributed by atoms with E-state index in [-0.39, 0.29) is 11.9 Å². The molecule has 3 aromatic carbocycles. The molecular weight excluding hydrogens is 404 g/mol. The number of carbonyl (C=O) groups excluding carboxylic acids is 1. The van der Waals surface area contributed by atoms with Gasteiger partial charge in [0, 0.05) is 4.90 Å². The Morgan fingerprint density at radius 1 is 0.935 bits per heavy atom. The molecule has 1 heterocycles. The molecule has 1 unspecified atom stereocenters. The van der Waals surface area contributed by atoms with Crippen LogP contribution in [0, 0.1) is 6.92 Å². The van der Waals surface area contributed by atoms with Crippen molar-refractivity contribution in [3.63, 3.8) is 0 Å². The SMILES string of the molecule is CCC(C(=O)Oc1c(Sc2ccccc2)c(C)nn1-c1ccccc1)c1ccccc1. The molecular formula is C26H24N2O2S. The fourth-order valence-corrected chi connectivity index (χ4v) is 4.37. The zero-order chi connectivity index (χ0) is 21.6. The van der Waals surface area contributed by atoms with Gasteiger partial charge in [0.2, 0.25) is 5.88 Å². The monoisotopic (exact) mass is 428 g/mol. The number of ether oxygens (including phenoxy) is 1. The van der Waals surface area contributed by atoms with Gasteiger partial charge < -0.3 is 4.74 Å². The van der Waals surface area contributed by atoms with Gasteiger partial charge in [0.1, 0.15) is 0 Å². The highest BCUT2D eigenvalue weighted by molar-refractivity contribution is 7.99. The molecule has 0 amide bonds. The first-order valence-corrected chi connectivity index (χ1v) is 11.1. The largest absolute Gasteiger partial charge is 0.406 e. The van der Waals surface area contributed by atoms with E-state index in [4.69, 9.17) is 9.84 Å². The number of nitrogens with zero attached hydrogens (tertiary/aromatic N) is 2. The Labute approximate surface area is 186 Å². The van der Waals surface area contributed by atoms with Crippen molar-refractivity contribution < 1.29 is 9.53 Å². The Bertz CT molecular complexity index is 1140. The molecule has 5 heteroatoms. The summed E-state index contributed by atoms with van der Waals surface area (Å²) in [5, 5.41) is 4.71. The first-order chi connectivity index (χ1) is 15.2. The average molecular weight is 429 g/mol. The van der Waals surface area contributed by atoms with Crippen LogP contribution in [0.1, 0.15) is 30.5 Å². The van der Waals surface area contributed by atoms with Crippen LogP contribution < -0.4 is 4.74 Å². The maximum absolute atomic E-state index is 13.3. The first kappa shape index (κ1) is 20.9. The molecule has 1 aromatic heterocycles. The molecule has 4 nitrogen and oxygen atoms in total. The number of esters is 1. The third-order valence-electron chi connectivity index (χ3n) is 5.02. The van der Waals surface area contributed by atoms with Gasteiger partial charge in [-0.2, -0.15) is 9.78 Å². The lowest BCUT2D eigenvalue weighted by Gasteiger charge is -2.16. The van der Waals surface area contributed by atoms with Gasteiger partial charge >= 0.3 is 5.97 Å². The molecule has 0 aliphatic carbocycles. The number of aromatic nitrogens is 2. The second kappa shape index (κ2) is 9.67. The van der Waals surface area contributed by atoms with E-state index in [9.17, 15) is 4.79 Å². The maximum Gasteiger partial charge on any atom is 0.320 e. The van der Waals surface area contributed by atoms with E-state index >= 15 is 0 Å². The van der Waals surface area contributed by atoms with Crippen LogP contribution in [0.5, 0.6) is 5.88 Å². The predicted octanol–water partition coefficient (Wildman–Crippen LogP) is 6.43. The van der Waals surface area contributed by atoms with Gasteiger partial charge in [-0.15, -0.1) is 0 Å². The summed E-state index contributed by atoms with van der Waals surface area (Å²) in [5.41, 5.74) is 2.61. The summed E-state index contributed by atoms with van der Waals surface area (Å²) in [7, 11) is 0. The molecule has 0 saturated heterocycles. The Kier molecular flexibility index (Phi) is 6.53. The van der Waals surface area contributed by atoms with Crippen LogP contribution in [0.15, 0.2) is 101 Å². The standard InChI is InChI=1S/C26H24N2O2S/c1-3-23(20-13-7-4-8-14-20)26(29)30-25-24(31-22-17-11-6-12-18-22)19(2)27-28(25)21-15-9-5-10-16-21/h4-18,23H,3H2,1-2H3. The van der Waals surface area contributed by atoms with Crippen LogP contribution in [-0.2, 0) is 4.79 Å². The van der Waals surface area contributed by atoms with E-state index in [1.54, 1.807) is 16.4 Å². The molecule has 0 radical (unpaired) electrons. The van der Waals surface area contributed by atoms with Gasteiger partial charge in [0.05, 0.1) is 22.2 Å². The molecule has 156 valence electrons. The van der Waals surface area contributed by atoms with Crippen molar-refractivity contribution in [2.24, 2.45) is 0 Å². The summed E-state index contributed by atoms with van der Waals surface area (Å²) >= 11 is 1.55. The van der Waals surface area contributed by atoms with E-state index in [0.29, 0.717) is 12.3 Å². The Balaban J connectivity index is 1.74. The highest BCUT2D eigenvalue weighted by Gasteiger charge is 2.26. The van der Waals surface area contributed by atoms with E-state index in [2.05, 4.69) is 0 Å². The van der Waals surface area contributed by atoms with Gasteiger partial charge in [-0.3, -0.25) is 4.79 Å². The third-order valence-corrected chi connectivity index (χ3v) is 6.20. The highest BCUT2D eigenvalue weighted by Crippen LogP contribution is 2.39. The molecule has 4 aromatic rings. The molecule has 4 rings (SSSR count). The average Bonchev–Trinajstić information content (AvgIpc) is 3.11. The van der Waals surface area contributed by atoms with Crippen molar-refractivity contribution >= 4 is 17.7 Å². The number of hydrogen-bond acceptors (Lipinski definition) is 4. The molecule has 0 aliphatic rings. The maximum atomic E-state index is 13.3. The number of hydrogen-bond donors (Lipinski definition) is 0. The van der Waals surface area contributed by atoms with Crippen molar-refractivity contribution in [1.82, 2.24) is 9.78 Å². The van der Waals surface area contributed by atoms with Crippen LogP contribution >= 0.6 is 11.8 Å². The molecule has 1 atom stereocenters. The summed E-state index contributed by atoms with van der Waals surface area (Å²) in [6.45, 7) is 3.94. The van der Waals surface area contributed by atoms with E-state index in [1.165, 1.54) is 0 Å². The number of para-hydroxylation sites is 1. The Morgan fingerprint density at radius 2 is 1.52 bits per heavy atom. The summed E-state index contributed by atoms with van der Waals surface area (Å²) in [4.78, 5) is 15.2. The molecule has 0 fully saturated rings. The van der Waals surface area contributed by atoms with Crippen LogP contribution in [0.25, 0.3) is 5.69 Å². The van der Waals surface area contributed by atoms with E-state index in [0.717, 1.165) is 26.7 Å². The number of rotatable bonds is 7. The molecule has 0 aliphatic heterocycles. The number of benzene rings is 3. The Morgan fingerprint density at radius 3 is 2.13 bits per heavy atom. The van der Waals surface area contributed by atoms with Crippen molar-refractivity contribution in [2.75, 3.05) is 0 Å². The fourth-order valence-electron chi connectivity index (χ4n) is 3.44. The minimum absolute atomic E-state index is 0.277. The lowest BCUT2D eigenvalue weighted by molar-refractivity contribution is -0.136. The van der Waals surface area contributed by atoms with E-state index < -0.39 is 0 Å². The van der Waals surface area contributed by atoms with Gasteiger partial charge in [-0.1, -0.05) is 85.4 Å². The summed E-state index contributed by atoms with van der Waals surface area (Å²) < 4.78 is 7.79. The second-order valence-corrected chi connectivity index (χ2v) is 8.26. The van der Waals surface area contributed by atoms with E-state index in [1.807, 2.05) is 105 Å². The molecule has 0 bridgehead atoms. The molecule has 31 heavy (non-hydrogen) atoms. The van der Waals surface area contributed by atoms with Crippen LogP contribution in [0.4, 0.5) is 0 Å². The predicted molar refractivity (Wildman–Crippen MR) is 124 cm³/mol. The van der Waals surface area contributed by atoms with Crippen molar-refractivity contribution in [3.8, 4) is 11.6 Å². The highest BCUT2D eigenvalue weighted by atomic mass is 32.2. The second-order valence-electron chi connectivity index (χ2n) is 7.17. The summed E-state index contributed by atoms with van der Waals surface area (Å²) in [6, 6.07) is 29.6. The first-order valence-electron chi connectivity index (χ1n) is 10.3. The lowest BCUT2D eigenvalue weighted by atomic mass is 9.97. The van der Waals surface area contributed by atoms with Crippen LogP contribution in [0.3, 0.4) is 0 Å². The molecule has 0 saturated carbocycles. The Hall–Kier alpha value is -3.31. The van der Waals surface area contributed by atoms with Crippen molar-refractivity contribution in [1.29, 1.82) is 0 Å². The normalized spacial score (nSPS) is 11.8. The topological polar surface area (TPSA) is 44.1 Å². The minimum atomic E-state index is -0.338. The molecule has 0 spiro atoms. The van der Waals surface area contributed by atoms with Gasteiger partial charge in [0.25, 0.3) is 0 Å². The zero-order valence-electron chi connectivity index (χ0n) is 17.6. The van der Waals surface area contributed by atoms with Crippen molar-refractivity contribution in [2.45, 2.75) is 36.0 Å². The minimum Gasteiger partial charge on any atom is -0.406 e. The summed E-state index contributed by atoms with van der Waals surface area (Å²) in [6.07, 6.45) is 0.655. The third kappa shape index (κ3) is 4.72. The van der Waals surface area contributed by atoms with Gasteiger partial charge in [0.15, 0.2) is 0 Å².